The van der Waals surface area contributed by atoms with Gasteiger partial charge < -0.3 is 15.0 Å². The van der Waals surface area contributed by atoms with Crippen molar-refractivity contribution in [3.8, 4) is 11.1 Å². The lowest BCUT2D eigenvalue weighted by Gasteiger charge is -2.06. The average molecular weight is 326 g/mol. The van der Waals surface area contributed by atoms with Crippen molar-refractivity contribution in [1.82, 2.24) is 14.1 Å². The summed E-state index contributed by atoms with van der Waals surface area (Å²) < 4.78 is 8.05. The van der Waals surface area contributed by atoms with Crippen molar-refractivity contribution in [2.24, 2.45) is 5.73 Å². The van der Waals surface area contributed by atoms with Gasteiger partial charge in [0.05, 0.1) is 19.5 Å². The molecule has 1 amide bonds. The molecule has 0 aliphatic carbocycles. The number of fused-ring (bicyclic) bond motifs is 1. The summed E-state index contributed by atoms with van der Waals surface area (Å²) in [5.41, 5.74) is 7.74. The molecule has 0 aliphatic heterocycles. The molecule has 0 spiro atoms. The fraction of sp³-hybridized carbons (Fsp3) is 0.235. The largest absolute Gasteiger partial charge is 0.383 e. The minimum atomic E-state index is -0.516. The topological polar surface area (TPSA) is 92.1 Å². The molecule has 124 valence electrons. The number of rotatable bonds is 6. The van der Waals surface area contributed by atoms with Gasteiger partial charge in [0, 0.05) is 18.9 Å². The number of hydrogen-bond acceptors (Lipinski definition) is 4. The van der Waals surface area contributed by atoms with E-state index >= 15 is 0 Å². The van der Waals surface area contributed by atoms with E-state index in [2.05, 4.69) is 4.98 Å². The van der Waals surface area contributed by atoms with Gasteiger partial charge in [0.1, 0.15) is 17.6 Å². The van der Waals surface area contributed by atoms with E-state index in [0.717, 1.165) is 11.1 Å². The lowest BCUT2D eigenvalue weighted by atomic mass is 10.1. The molecule has 1 aromatic carbocycles. The van der Waals surface area contributed by atoms with Crippen LogP contribution in [0.1, 0.15) is 0 Å². The van der Waals surface area contributed by atoms with Crippen LogP contribution in [0.5, 0.6) is 0 Å². The van der Waals surface area contributed by atoms with Gasteiger partial charge in [-0.1, -0.05) is 30.3 Å². The highest BCUT2D eigenvalue weighted by Gasteiger charge is 2.17. The van der Waals surface area contributed by atoms with Gasteiger partial charge >= 0.3 is 0 Å². The van der Waals surface area contributed by atoms with Crippen LogP contribution in [-0.2, 0) is 22.6 Å². The van der Waals surface area contributed by atoms with E-state index < -0.39 is 5.91 Å². The number of ether oxygens (including phenoxy) is 1. The first-order valence-corrected chi connectivity index (χ1v) is 7.52. The van der Waals surface area contributed by atoms with Crippen LogP contribution in [0.15, 0.2) is 47.7 Å². The zero-order chi connectivity index (χ0) is 17.1. The number of carbonyl (C=O) groups is 1. The van der Waals surface area contributed by atoms with E-state index in [9.17, 15) is 9.59 Å². The summed E-state index contributed by atoms with van der Waals surface area (Å²) in [5, 5.41) is 0. The number of nitrogens with two attached hydrogens (primary N) is 1. The van der Waals surface area contributed by atoms with Crippen molar-refractivity contribution in [3.05, 3.63) is 53.2 Å². The number of methoxy groups -OCH3 is 1. The second kappa shape index (κ2) is 6.67. The minimum Gasteiger partial charge on any atom is -0.383 e. The first-order valence-electron chi connectivity index (χ1n) is 7.52. The van der Waals surface area contributed by atoms with Crippen LogP contribution in [0.4, 0.5) is 0 Å². The van der Waals surface area contributed by atoms with Crippen LogP contribution in [0, 0.1) is 0 Å². The molecule has 2 heterocycles. The van der Waals surface area contributed by atoms with Crippen LogP contribution in [0.2, 0.25) is 0 Å². The first kappa shape index (κ1) is 15.9. The molecule has 0 fully saturated rings. The molecule has 0 radical (unpaired) electrons. The second-order valence-corrected chi connectivity index (χ2v) is 5.44. The Morgan fingerprint density at radius 2 is 2.00 bits per heavy atom. The molecule has 0 atom stereocenters. The molecule has 2 aromatic heterocycles. The first-order chi connectivity index (χ1) is 11.6. The summed E-state index contributed by atoms with van der Waals surface area (Å²) in [4.78, 5) is 28.6. The summed E-state index contributed by atoms with van der Waals surface area (Å²) in [5.74, 6) is -0.516. The minimum absolute atomic E-state index is 0.0749. The third-order valence-corrected chi connectivity index (χ3v) is 3.79. The van der Waals surface area contributed by atoms with Crippen molar-refractivity contribution in [3.63, 3.8) is 0 Å². The molecular formula is C17H18N4O3. The average Bonchev–Trinajstić information content (AvgIpc) is 2.93. The Kier molecular flexibility index (Phi) is 4.43. The Balaban J connectivity index is 2.23. The predicted molar refractivity (Wildman–Crippen MR) is 90.5 cm³/mol. The van der Waals surface area contributed by atoms with E-state index in [0.29, 0.717) is 24.2 Å². The van der Waals surface area contributed by atoms with Crippen LogP contribution in [0.3, 0.4) is 0 Å². The number of primary amides is 1. The van der Waals surface area contributed by atoms with Crippen LogP contribution in [-0.4, -0.2) is 33.7 Å². The van der Waals surface area contributed by atoms with Gasteiger partial charge in [-0.2, -0.15) is 0 Å². The monoisotopic (exact) mass is 326 g/mol. The smallest absolute Gasteiger partial charge is 0.277 e. The zero-order valence-electron chi connectivity index (χ0n) is 13.3. The van der Waals surface area contributed by atoms with E-state index in [1.165, 1.54) is 10.9 Å². The number of hydrogen-bond donors (Lipinski definition) is 1. The highest BCUT2D eigenvalue weighted by Crippen LogP contribution is 2.27. The van der Waals surface area contributed by atoms with Crippen LogP contribution < -0.4 is 11.3 Å². The van der Waals surface area contributed by atoms with Crippen molar-refractivity contribution in [2.45, 2.75) is 13.1 Å². The van der Waals surface area contributed by atoms with Gasteiger partial charge in [0.2, 0.25) is 5.91 Å². The Bertz CT molecular complexity index is 928. The molecule has 0 aliphatic rings. The van der Waals surface area contributed by atoms with Gasteiger partial charge in [-0.05, 0) is 5.56 Å². The van der Waals surface area contributed by atoms with E-state index in [1.807, 2.05) is 30.3 Å². The Labute approximate surface area is 138 Å². The number of aromatic nitrogens is 3. The van der Waals surface area contributed by atoms with Crippen LogP contribution >= 0.6 is 0 Å². The highest BCUT2D eigenvalue weighted by atomic mass is 16.5. The maximum Gasteiger partial charge on any atom is 0.277 e. The Hall–Kier alpha value is -2.93. The summed E-state index contributed by atoms with van der Waals surface area (Å²) in [6.07, 6.45) is 3.25. The van der Waals surface area contributed by atoms with E-state index in [-0.39, 0.29) is 12.1 Å². The second-order valence-electron chi connectivity index (χ2n) is 5.44. The molecule has 0 saturated carbocycles. The van der Waals surface area contributed by atoms with Crippen molar-refractivity contribution in [1.29, 1.82) is 0 Å². The summed E-state index contributed by atoms with van der Waals surface area (Å²) in [7, 11) is 1.57. The van der Waals surface area contributed by atoms with Gasteiger partial charge in [-0.15, -0.1) is 0 Å². The number of carbonyl (C=O) groups excluding carboxylic acids is 1. The molecule has 3 aromatic rings. The molecule has 2 N–H and O–H groups in total. The summed E-state index contributed by atoms with van der Waals surface area (Å²) >= 11 is 0. The fourth-order valence-corrected chi connectivity index (χ4v) is 2.69. The molecule has 7 nitrogen and oxygen atoms in total. The predicted octanol–water partition coefficient (Wildman–Crippen LogP) is 0.997. The maximum absolute atomic E-state index is 12.8. The third kappa shape index (κ3) is 2.93. The quantitative estimate of drug-likeness (QED) is 0.731. The van der Waals surface area contributed by atoms with Crippen molar-refractivity contribution < 1.29 is 9.53 Å². The standard InChI is InChI=1S/C17H18N4O3/c1-24-8-7-20-11-19-15-13(12-5-3-2-4-6-12)9-21(10-14(18)22)16(15)17(20)23/h2-6,9,11H,7-8,10H2,1H3,(H2,18,22). The maximum atomic E-state index is 12.8. The Morgan fingerprint density at radius 3 is 2.67 bits per heavy atom. The number of nitrogens with zero attached hydrogens (tertiary/aromatic N) is 3. The highest BCUT2D eigenvalue weighted by molar-refractivity contribution is 5.93. The molecule has 3 rings (SSSR count). The molecule has 0 bridgehead atoms. The molecule has 0 saturated heterocycles. The van der Waals surface area contributed by atoms with Crippen molar-refractivity contribution in [2.75, 3.05) is 13.7 Å². The van der Waals surface area contributed by atoms with Gasteiger partial charge in [-0.25, -0.2) is 4.98 Å². The Morgan fingerprint density at radius 1 is 1.25 bits per heavy atom. The SMILES string of the molecule is COCCn1cnc2c(-c3ccccc3)cn(CC(N)=O)c2c1=O. The van der Waals surface area contributed by atoms with Gasteiger partial charge in [0.25, 0.3) is 5.56 Å². The molecule has 0 unspecified atom stereocenters. The van der Waals surface area contributed by atoms with Crippen molar-refractivity contribution >= 4 is 16.9 Å². The lowest BCUT2D eigenvalue weighted by Crippen LogP contribution is -2.26. The van der Waals surface area contributed by atoms with Crippen LogP contribution in [0.25, 0.3) is 22.2 Å². The number of amides is 1. The number of benzene rings is 1. The lowest BCUT2D eigenvalue weighted by molar-refractivity contribution is -0.118. The van der Waals surface area contributed by atoms with E-state index in [4.69, 9.17) is 10.5 Å². The fourth-order valence-electron chi connectivity index (χ4n) is 2.69. The summed E-state index contributed by atoms with van der Waals surface area (Å²) in [6, 6.07) is 9.60. The van der Waals surface area contributed by atoms with E-state index in [1.54, 1.807) is 17.9 Å². The zero-order valence-corrected chi connectivity index (χ0v) is 13.3. The third-order valence-electron chi connectivity index (χ3n) is 3.79. The molecular weight excluding hydrogens is 308 g/mol. The normalized spacial score (nSPS) is 11.0. The van der Waals surface area contributed by atoms with Gasteiger partial charge in [-0.3, -0.25) is 14.2 Å². The van der Waals surface area contributed by atoms with Gasteiger partial charge in [0.15, 0.2) is 0 Å². The summed E-state index contributed by atoms with van der Waals surface area (Å²) in [6.45, 7) is 0.713. The molecule has 24 heavy (non-hydrogen) atoms. The molecule has 7 heteroatoms.